The van der Waals surface area contributed by atoms with E-state index in [1.165, 1.54) is 0 Å². The molecule has 1 aromatic heterocycles. The number of carbonyl (C=O) groups is 1. The Morgan fingerprint density at radius 3 is 2.59 bits per heavy atom. The number of likely N-dealkylation sites (N-methyl/N-ethyl adjacent to an activating group) is 1. The summed E-state index contributed by atoms with van der Waals surface area (Å²) >= 11 is 0. The van der Waals surface area contributed by atoms with Crippen molar-refractivity contribution in [2.75, 3.05) is 33.1 Å². The number of hydrogen-bond donors (Lipinski definition) is 2. The third-order valence-corrected chi connectivity index (χ3v) is 5.93. The number of nitrogens with one attached hydrogen (secondary N) is 2. The lowest BCUT2D eigenvalue weighted by atomic mass is 9.80. The summed E-state index contributed by atoms with van der Waals surface area (Å²) in [4.78, 5) is 23.0. The molecule has 0 bridgehead atoms. The summed E-state index contributed by atoms with van der Waals surface area (Å²) in [5, 5.41) is 7.24. The molecule has 0 radical (unpaired) electrons. The van der Waals surface area contributed by atoms with Gasteiger partial charge in [0.1, 0.15) is 23.7 Å². The van der Waals surface area contributed by atoms with Crippen LogP contribution in [0, 0.1) is 12.8 Å². The Morgan fingerprint density at radius 2 is 1.97 bits per heavy atom. The first-order valence-corrected chi connectivity index (χ1v) is 10.4. The van der Waals surface area contributed by atoms with Crippen molar-refractivity contribution in [2.24, 2.45) is 5.92 Å². The minimum Gasteiger partial charge on any atom is -0.490 e. The maximum absolute atomic E-state index is 12.2. The molecule has 3 rings (SSSR count). The van der Waals surface area contributed by atoms with Gasteiger partial charge in [0.25, 0.3) is 0 Å². The molecule has 2 aromatic rings. The lowest BCUT2D eigenvalue weighted by Gasteiger charge is -2.37. The van der Waals surface area contributed by atoms with E-state index in [0.717, 1.165) is 53.7 Å². The predicted octanol–water partition coefficient (Wildman–Crippen LogP) is 2.98. The zero-order valence-corrected chi connectivity index (χ0v) is 18.2. The Hall–Kier alpha value is -2.25. The lowest BCUT2D eigenvalue weighted by molar-refractivity contribution is -0.124. The molecule has 1 heterocycles. The number of benzene rings is 1. The molecule has 2 N–H and O–H groups in total. The maximum Gasteiger partial charge on any atom is 0.147 e. The summed E-state index contributed by atoms with van der Waals surface area (Å²) in [6.45, 7) is 4.48. The van der Waals surface area contributed by atoms with Crippen molar-refractivity contribution in [3.8, 4) is 5.75 Å². The van der Waals surface area contributed by atoms with Gasteiger partial charge in [-0.1, -0.05) is 0 Å². The molecule has 1 fully saturated rings. The van der Waals surface area contributed by atoms with Gasteiger partial charge in [0.05, 0.1) is 17.7 Å². The average molecular weight is 400 g/mol. The molecule has 1 saturated carbocycles. The number of Topliss-reactive ketones (excluding diaryl/α,β-unsaturated/α-hetero) is 1. The summed E-state index contributed by atoms with van der Waals surface area (Å²) in [7, 11) is 5.79. The van der Waals surface area contributed by atoms with Crippen LogP contribution in [0.2, 0.25) is 0 Å². The first-order chi connectivity index (χ1) is 13.9. The molecular formula is C22H33N5O2. The van der Waals surface area contributed by atoms with Crippen LogP contribution in [0.15, 0.2) is 18.5 Å². The third-order valence-electron chi connectivity index (χ3n) is 5.93. The molecule has 0 amide bonds. The van der Waals surface area contributed by atoms with E-state index < -0.39 is 0 Å². The SMILES string of the molecule is CNCN(C)C(C(C)=O)C1CCC(Oc2cc3c(NC)ncnc3cc2C)CC1. The molecule has 1 aliphatic carbocycles. The fraction of sp³-hybridized carbons (Fsp3) is 0.591. The van der Waals surface area contributed by atoms with Gasteiger partial charge < -0.3 is 15.4 Å². The van der Waals surface area contributed by atoms with Crippen LogP contribution >= 0.6 is 0 Å². The van der Waals surface area contributed by atoms with E-state index >= 15 is 0 Å². The van der Waals surface area contributed by atoms with Crippen LogP contribution in [0.3, 0.4) is 0 Å². The van der Waals surface area contributed by atoms with E-state index in [4.69, 9.17) is 4.74 Å². The van der Waals surface area contributed by atoms with Crippen molar-refractivity contribution in [2.45, 2.75) is 51.7 Å². The van der Waals surface area contributed by atoms with E-state index in [2.05, 4.69) is 38.5 Å². The zero-order valence-electron chi connectivity index (χ0n) is 18.2. The number of carbonyl (C=O) groups excluding carboxylic acids is 1. The summed E-state index contributed by atoms with van der Waals surface area (Å²) in [5.74, 6) is 2.33. The highest BCUT2D eigenvalue weighted by atomic mass is 16.5. The Kier molecular flexibility index (Phi) is 7.03. The summed E-state index contributed by atoms with van der Waals surface area (Å²) in [5.41, 5.74) is 1.99. The van der Waals surface area contributed by atoms with Crippen LogP contribution in [-0.2, 0) is 4.79 Å². The average Bonchev–Trinajstić information content (AvgIpc) is 2.69. The molecule has 29 heavy (non-hydrogen) atoms. The smallest absolute Gasteiger partial charge is 0.147 e. The van der Waals surface area contributed by atoms with Gasteiger partial charge in [-0.15, -0.1) is 0 Å². The van der Waals surface area contributed by atoms with E-state index in [9.17, 15) is 4.79 Å². The minimum atomic E-state index is -0.0267. The summed E-state index contributed by atoms with van der Waals surface area (Å²) in [6.07, 6.45) is 5.67. The van der Waals surface area contributed by atoms with Crippen LogP contribution in [0.4, 0.5) is 5.82 Å². The third kappa shape index (κ3) is 4.85. The first kappa shape index (κ1) is 21.5. The largest absolute Gasteiger partial charge is 0.490 e. The van der Waals surface area contributed by atoms with Crippen molar-refractivity contribution in [3.05, 3.63) is 24.0 Å². The molecule has 0 spiro atoms. The second-order valence-corrected chi connectivity index (χ2v) is 8.09. The predicted molar refractivity (Wildman–Crippen MR) is 116 cm³/mol. The number of ketones is 1. The van der Waals surface area contributed by atoms with Crippen molar-refractivity contribution in [3.63, 3.8) is 0 Å². The van der Waals surface area contributed by atoms with Crippen molar-refractivity contribution in [1.29, 1.82) is 0 Å². The van der Waals surface area contributed by atoms with Crippen LogP contribution in [0.5, 0.6) is 5.75 Å². The number of aryl methyl sites for hydroxylation is 1. The van der Waals surface area contributed by atoms with Gasteiger partial charge in [0, 0.05) is 19.1 Å². The Bertz CT molecular complexity index is 848. The van der Waals surface area contributed by atoms with Crippen molar-refractivity contribution in [1.82, 2.24) is 20.2 Å². The first-order valence-electron chi connectivity index (χ1n) is 10.4. The van der Waals surface area contributed by atoms with E-state index in [1.54, 1.807) is 13.3 Å². The summed E-state index contributed by atoms with van der Waals surface area (Å²) in [6, 6.07) is 4.07. The van der Waals surface area contributed by atoms with Crippen LogP contribution in [0.1, 0.15) is 38.2 Å². The fourth-order valence-electron chi connectivity index (χ4n) is 4.57. The zero-order chi connectivity index (χ0) is 21.0. The van der Waals surface area contributed by atoms with E-state index in [1.807, 2.05) is 27.2 Å². The molecular weight excluding hydrogens is 366 g/mol. The second kappa shape index (κ2) is 9.50. The monoisotopic (exact) mass is 399 g/mol. The highest BCUT2D eigenvalue weighted by molar-refractivity contribution is 5.90. The number of hydrogen-bond acceptors (Lipinski definition) is 7. The standard InChI is InChI=1S/C22H33N5O2/c1-14-10-19-18(22(24-4)26-12-25-19)11-20(14)29-17-8-6-16(7-9-17)21(15(2)28)27(5)13-23-3/h10-12,16-17,21,23H,6-9,13H2,1-5H3,(H,24,25,26). The molecule has 0 aliphatic heterocycles. The normalized spacial score (nSPS) is 20.6. The maximum atomic E-state index is 12.2. The molecule has 158 valence electrons. The molecule has 1 aliphatic rings. The molecule has 7 nitrogen and oxygen atoms in total. The van der Waals surface area contributed by atoms with Gasteiger partial charge >= 0.3 is 0 Å². The van der Waals surface area contributed by atoms with Gasteiger partial charge in [0.15, 0.2) is 0 Å². The van der Waals surface area contributed by atoms with Crippen LogP contribution in [-0.4, -0.2) is 60.6 Å². The minimum absolute atomic E-state index is 0.0267. The second-order valence-electron chi connectivity index (χ2n) is 8.09. The van der Waals surface area contributed by atoms with Gasteiger partial charge in [-0.3, -0.25) is 9.69 Å². The van der Waals surface area contributed by atoms with Gasteiger partial charge in [-0.2, -0.15) is 0 Å². The summed E-state index contributed by atoms with van der Waals surface area (Å²) < 4.78 is 6.40. The van der Waals surface area contributed by atoms with E-state index in [0.29, 0.717) is 12.6 Å². The van der Waals surface area contributed by atoms with Crippen molar-refractivity contribution < 1.29 is 9.53 Å². The Labute approximate surface area is 173 Å². The highest BCUT2D eigenvalue weighted by Gasteiger charge is 2.33. The van der Waals surface area contributed by atoms with E-state index in [-0.39, 0.29) is 17.9 Å². The highest BCUT2D eigenvalue weighted by Crippen LogP contribution is 2.34. The Morgan fingerprint density at radius 1 is 1.24 bits per heavy atom. The Balaban J connectivity index is 1.69. The quantitative estimate of drug-likeness (QED) is 0.661. The topological polar surface area (TPSA) is 79.4 Å². The van der Waals surface area contributed by atoms with Crippen LogP contribution in [0.25, 0.3) is 10.9 Å². The van der Waals surface area contributed by atoms with Gasteiger partial charge in [-0.25, -0.2) is 9.97 Å². The molecule has 0 saturated heterocycles. The van der Waals surface area contributed by atoms with Crippen molar-refractivity contribution >= 4 is 22.5 Å². The number of fused-ring (bicyclic) bond motifs is 1. The lowest BCUT2D eigenvalue weighted by Crippen LogP contribution is -2.47. The number of aromatic nitrogens is 2. The van der Waals surface area contributed by atoms with Gasteiger partial charge in [0.2, 0.25) is 0 Å². The number of rotatable bonds is 8. The molecule has 7 heteroatoms. The number of nitrogens with zero attached hydrogens (tertiary/aromatic N) is 3. The fourth-order valence-corrected chi connectivity index (χ4v) is 4.57. The molecule has 1 atom stereocenters. The van der Waals surface area contributed by atoms with Crippen LogP contribution < -0.4 is 15.4 Å². The van der Waals surface area contributed by atoms with Gasteiger partial charge in [-0.05, 0) is 77.2 Å². The molecule has 1 aromatic carbocycles. The number of ether oxygens (including phenoxy) is 1. The molecule has 1 unspecified atom stereocenters. The number of anilines is 1.